The molecule has 6 nitrogen and oxygen atoms in total. The summed E-state index contributed by atoms with van der Waals surface area (Å²) in [6.45, 7) is 2.00. The molecule has 1 aliphatic heterocycles. The van der Waals surface area contributed by atoms with Crippen molar-refractivity contribution >= 4 is 18.3 Å². The molecule has 0 aliphatic carbocycles. The van der Waals surface area contributed by atoms with Crippen molar-refractivity contribution in [3.05, 3.63) is 12.4 Å². The molecule has 2 rings (SSSR count). The lowest BCUT2D eigenvalue weighted by atomic mass is 10.0. The number of hydrogen-bond acceptors (Lipinski definition) is 4. The number of carbonyl (C=O) groups is 1. The van der Waals surface area contributed by atoms with Gasteiger partial charge < -0.3 is 10.6 Å². The summed E-state index contributed by atoms with van der Waals surface area (Å²) in [5.41, 5.74) is 5.70. The Morgan fingerprint density at radius 1 is 1.44 bits per heavy atom. The molecule has 102 valence electrons. The molecule has 2 heterocycles. The van der Waals surface area contributed by atoms with Crippen molar-refractivity contribution in [3.63, 3.8) is 0 Å². The summed E-state index contributed by atoms with van der Waals surface area (Å²) in [4.78, 5) is 14.0. The minimum Gasteiger partial charge on any atom is -0.338 e. The van der Waals surface area contributed by atoms with Gasteiger partial charge in [0.15, 0.2) is 0 Å². The van der Waals surface area contributed by atoms with Gasteiger partial charge in [-0.3, -0.25) is 9.48 Å². The maximum atomic E-state index is 12.1. The molecular formula is C11H20ClN5O. The number of nitrogens with two attached hydrogens (primary N) is 1. The van der Waals surface area contributed by atoms with E-state index in [0.29, 0.717) is 19.5 Å². The molecule has 1 amide bonds. The molecule has 18 heavy (non-hydrogen) atoms. The van der Waals surface area contributed by atoms with Crippen LogP contribution in [-0.4, -0.2) is 44.9 Å². The second-order valence-electron chi connectivity index (χ2n) is 4.39. The number of likely N-dealkylation sites (tertiary alicyclic amines) is 1. The predicted octanol–water partition coefficient (Wildman–Crippen LogP) is 0.430. The molecule has 1 aromatic rings. The van der Waals surface area contributed by atoms with Crippen LogP contribution in [0, 0.1) is 0 Å². The second-order valence-corrected chi connectivity index (χ2v) is 4.39. The Labute approximate surface area is 113 Å². The molecule has 0 saturated carbocycles. The highest BCUT2D eigenvalue weighted by atomic mass is 35.5. The van der Waals surface area contributed by atoms with E-state index >= 15 is 0 Å². The summed E-state index contributed by atoms with van der Waals surface area (Å²) in [6.07, 6.45) is 7.16. The van der Waals surface area contributed by atoms with Crippen LogP contribution in [0.3, 0.4) is 0 Å². The van der Waals surface area contributed by atoms with Crippen LogP contribution in [-0.2, 0) is 11.3 Å². The molecule has 1 aromatic heterocycles. The molecule has 0 radical (unpaired) electrons. The summed E-state index contributed by atoms with van der Waals surface area (Å²) in [6, 6.07) is 0.229. The summed E-state index contributed by atoms with van der Waals surface area (Å²) < 4.78 is 1.68. The van der Waals surface area contributed by atoms with E-state index in [-0.39, 0.29) is 24.4 Å². The number of halogens is 1. The average Bonchev–Trinajstić information content (AvgIpc) is 2.89. The van der Waals surface area contributed by atoms with Gasteiger partial charge in [0.05, 0.1) is 12.7 Å². The SMILES string of the molecule is Cl.NCC1CCCCN1C(=O)CCn1ccnn1. The summed E-state index contributed by atoms with van der Waals surface area (Å²) >= 11 is 0. The fourth-order valence-electron chi connectivity index (χ4n) is 2.28. The third-order valence-electron chi connectivity index (χ3n) is 3.25. The summed E-state index contributed by atoms with van der Waals surface area (Å²) in [5, 5.41) is 7.56. The fraction of sp³-hybridized carbons (Fsp3) is 0.727. The van der Waals surface area contributed by atoms with Crippen LogP contribution in [0.15, 0.2) is 12.4 Å². The molecule has 0 spiro atoms. The monoisotopic (exact) mass is 273 g/mol. The first kappa shape index (κ1) is 14.9. The van der Waals surface area contributed by atoms with Gasteiger partial charge in [-0.2, -0.15) is 0 Å². The van der Waals surface area contributed by atoms with Crippen LogP contribution >= 0.6 is 12.4 Å². The van der Waals surface area contributed by atoms with E-state index in [1.807, 2.05) is 4.90 Å². The van der Waals surface area contributed by atoms with E-state index in [4.69, 9.17) is 5.73 Å². The Morgan fingerprint density at radius 3 is 2.94 bits per heavy atom. The molecule has 1 saturated heterocycles. The minimum atomic E-state index is 0. The van der Waals surface area contributed by atoms with E-state index in [2.05, 4.69) is 10.3 Å². The number of carbonyl (C=O) groups excluding carboxylic acids is 1. The van der Waals surface area contributed by atoms with Crippen molar-refractivity contribution in [1.82, 2.24) is 19.9 Å². The molecule has 1 atom stereocenters. The van der Waals surface area contributed by atoms with Crippen molar-refractivity contribution in [2.24, 2.45) is 5.73 Å². The zero-order chi connectivity index (χ0) is 12.1. The lowest BCUT2D eigenvalue weighted by Crippen LogP contribution is -2.47. The first-order valence-corrected chi connectivity index (χ1v) is 6.15. The van der Waals surface area contributed by atoms with Crippen molar-refractivity contribution in [2.45, 2.75) is 38.3 Å². The number of piperidine rings is 1. The molecule has 0 aromatic carbocycles. The zero-order valence-electron chi connectivity index (χ0n) is 10.4. The van der Waals surface area contributed by atoms with E-state index in [9.17, 15) is 4.79 Å². The van der Waals surface area contributed by atoms with Crippen LogP contribution < -0.4 is 5.73 Å². The molecule has 1 unspecified atom stereocenters. The first-order valence-electron chi connectivity index (χ1n) is 6.15. The van der Waals surface area contributed by atoms with Gasteiger partial charge in [0.2, 0.25) is 5.91 Å². The quantitative estimate of drug-likeness (QED) is 0.863. The number of aromatic nitrogens is 3. The van der Waals surface area contributed by atoms with Gasteiger partial charge in [-0.25, -0.2) is 0 Å². The topological polar surface area (TPSA) is 77.0 Å². The first-order chi connectivity index (χ1) is 8.31. The molecule has 2 N–H and O–H groups in total. The van der Waals surface area contributed by atoms with E-state index in [1.54, 1.807) is 17.1 Å². The Bertz CT molecular complexity index is 356. The van der Waals surface area contributed by atoms with Crippen LogP contribution in [0.5, 0.6) is 0 Å². The Kier molecular flexibility index (Phi) is 6.07. The lowest BCUT2D eigenvalue weighted by molar-refractivity contribution is -0.134. The minimum absolute atomic E-state index is 0. The highest BCUT2D eigenvalue weighted by Crippen LogP contribution is 2.17. The number of amides is 1. The zero-order valence-corrected chi connectivity index (χ0v) is 11.2. The Balaban J connectivity index is 0.00000162. The van der Waals surface area contributed by atoms with Gasteiger partial charge in [-0.15, -0.1) is 17.5 Å². The van der Waals surface area contributed by atoms with Crippen LogP contribution in [0.4, 0.5) is 0 Å². The van der Waals surface area contributed by atoms with Crippen LogP contribution in [0.25, 0.3) is 0 Å². The Morgan fingerprint density at radius 2 is 2.28 bits per heavy atom. The highest BCUT2D eigenvalue weighted by molar-refractivity contribution is 5.85. The van der Waals surface area contributed by atoms with Gasteiger partial charge in [0.1, 0.15) is 0 Å². The summed E-state index contributed by atoms with van der Waals surface area (Å²) in [7, 11) is 0. The standard InChI is InChI=1S/C11H19N5O.ClH/c12-9-10-3-1-2-6-16(10)11(17)4-7-15-8-5-13-14-15;/h5,8,10H,1-4,6-7,9,12H2;1H. The van der Waals surface area contributed by atoms with E-state index in [1.165, 1.54) is 6.42 Å². The van der Waals surface area contributed by atoms with E-state index < -0.39 is 0 Å². The highest BCUT2D eigenvalue weighted by Gasteiger charge is 2.24. The maximum absolute atomic E-state index is 12.1. The number of hydrogen-bond donors (Lipinski definition) is 1. The maximum Gasteiger partial charge on any atom is 0.224 e. The Hall–Kier alpha value is -1.14. The third-order valence-corrected chi connectivity index (χ3v) is 3.25. The average molecular weight is 274 g/mol. The number of rotatable bonds is 4. The third kappa shape index (κ3) is 3.68. The molecule has 1 fully saturated rings. The van der Waals surface area contributed by atoms with Gasteiger partial charge in [0, 0.05) is 31.7 Å². The number of aryl methyl sites for hydroxylation is 1. The van der Waals surface area contributed by atoms with Gasteiger partial charge in [-0.1, -0.05) is 5.21 Å². The van der Waals surface area contributed by atoms with Crippen molar-refractivity contribution in [1.29, 1.82) is 0 Å². The lowest BCUT2D eigenvalue weighted by Gasteiger charge is -2.35. The van der Waals surface area contributed by atoms with Crippen molar-refractivity contribution in [2.75, 3.05) is 13.1 Å². The van der Waals surface area contributed by atoms with Crippen LogP contribution in [0.2, 0.25) is 0 Å². The van der Waals surface area contributed by atoms with Crippen LogP contribution in [0.1, 0.15) is 25.7 Å². The van der Waals surface area contributed by atoms with E-state index in [0.717, 1.165) is 19.4 Å². The largest absolute Gasteiger partial charge is 0.338 e. The smallest absolute Gasteiger partial charge is 0.224 e. The van der Waals surface area contributed by atoms with Gasteiger partial charge in [0.25, 0.3) is 0 Å². The fourth-order valence-corrected chi connectivity index (χ4v) is 2.28. The number of nitrogens with zero attached hydrogens (tertiary/aromatic N) is 4. The second kappa shape index (κ2) is 7.33. The molecule has 7 heteroatoms. The van der Waals surface area contributed by atoms with Crippen molar-refractivity contribution in [3.8, 4) is 0 Å². The predicted molar refractivity (Wildman–Crippen MR) is 70.3 cm³/mol. The van der Waals surface area contributed by atoms with Gasteiger partial charge >= 0.3 is 0 Å². The molecule has 1 aliphatic rings. The van der Waals surface area contributed by atoms with Gasteiger partial charge in [-0.05, 0) is 19.3 Å². The normalized spacial score (nSPS) is 19.4. The summed E-state index contributed by atoms with van der Waals surface area (Å²) in [5.74, 6) is 0.177. The van der Waals surface area contributed by atoms with Crippen molar-refractivity contribution < 1.29 is 4.79 Å². The molecule has 0 bridgehead atoms. The molecular weight excluding hydrogens is 254 g/mol.